The van der Waals surface area contributed by atoms with Crippen LogP contribution in [-0.4, -0.2) is 47.3 Å². The number of nitrogens with zero attached hydrogens (tertiary/aromatic N) is 1. The fourth-order valence-electron chi connectivity index (χ4n) is 3.98. The van der Waals surface area contributed by atoms with Crippen molar-refractivity contribution in [2.24, 2.45) is 0 Å². The van der Waals surface area contributed by atoms with E-state index in [-0.39, 0.29) is 25.4 Å². The zero-order valence-corrected chi connectivity index (χ0v) is 21.9. The number of nitrogens with one attached hydrogen (secondary N) is 1. The number of ether oxygens (including phenoxy) is 2. The Morgan fingerprint density at radius 1 is 0.842 bits per heavy atom. The van der Waals surface area contributed by atoms with Gasteiger partial charge in [-0.3, -0.25) is 4.79 Å². The quantitative estimate of drug-likeness (QED) is 0.264. The number of hydrazine groups is 1. The molecule has 3 aromatic rings. The Bertz CT molecular complexity index is 1200. The van der Waals surface area contributed by atoms with E-state index in [0.717, 1.165) is 27.3 Å². The van der Waals surface area contributed by atoms with Crippen LogP contribution in [0.2, 0.25) is 0 Å². The van der Waals surface area contributed by atoms with Crippen LogP contribution in [0.25, 0.3) is 0 Å². The fraction of sp³-hybridized carbons (Fsp3) is 0.300. The molecule has 0 heterocycles. The number of amides is 1. The molecule has 200 valence electrons. The number of rotatable bonds is 12. The van der Waals surface area contributed by atoms with Crippen molar-refractivity contribution in [3.63, 3.8) is 0 Å². The largest absolute Gasteiger partial charge is 0.480 e. The van der Waals surface area contributed by atoms with E-state index in [9.17, 15) is 19.5 Å². The maximum atomic E-state index is 13.4. The van der Waals surface area contributed by atoms with Gasteiger partial charge in [-0.05, 0) is 28.2 Å². The van der Waals surface area contributed by atoms with Gasteiger partial charge in [0.15, 0.2) is 6.04 Å². The van der Waals surface area contributed by atoms with Crippen LogP contribution >= 0.6 is 0 Å². The van der Waals surface area contributed by atoms with Crippen molar-refractivity contribution in [1.82, 2.24) is 10.4 Å². The van der Waals surface area contributed by atoms with E-state index >= 15 is 0 Å². The van der Waals surface area contributed by atoms with Gasteiger partial charge in [0.05, 0.1) is 7.11 Å². The molecule has 8 nitrogen and oxygen atoms in total. The van der Waals surface area contributed by atoms with E-state index in [4.69, 9.17) is 9.47 Å². The molecular formula is C30H34N2O6. The number of esters is 1. The van der Waals surface area contributed by atoms with E-state index < -0.39 is 30.1 Å². The summed E-state index contributed by atoms with van der Waals surface area (Å²) in [5, 5.41) is 11.0. The molecule has 0 unspecified atom stereocenters. The van der Waals surface area contributed by atoms with Crippen molar-refractivity contribution in [3.05, 3.63) is 107 Å². The summed E-state index contributed by atoms with van der Waals surface area (Å²) in [6, 6.07) is 23.4. The van der Waals surface area contributed by atoms with Gasteiger partial charge < -0.3 is 14.6 Å². The zero-order valence-electron chi connectivity index (χ0n) is 21.9. The molecule has 0 spiro atoms. The number of hydrogen-bond donors (Lipinski definition) is 2. The molecule has 0 radical (unpaired) electrons. The first-order valence-electron chi connectivity index (χ1n) is 12.5. The highest BCUT2D eigenvalue weighted by Crippen LogP contribution is 2.18. The van der Waals surface area contributed by atoms with E-state index in [1.807, 2.05) is 72.8 Å². The first kappa shape index (κ1) is 28.4. The van der Waals surface area contributed by atoms with Crippen LogP contribution in [0, 0.1) is 0 Å². The summed E-state index contributed by atoms with van der Waals surface area (Å²) in [4.78, 5) is 38.6. The molecule has 0 aliphatic heterocycles. The minimum atomic E-state index is -1.22. The van der Waals surface area contributed by atoms with E-state index in [1.165, 1.54) is 7.11 Å². The standard InChI is InChI=1S/C30H34N2O6/c1-21(2)25-16-10-15-24(17-25)18-26(28(33)34)31-32(30(36)38-20-23-13-8-5-9-14-23)27(29(35)37-3)19-22-11-6-4-7-12-22/h4-17,21,26-27,31H,18-20H2,1-3H3,(H,33,34)/t26-,27-/m0/s1. The van der Waals surface area contributed by atoms with Crippen LogP contribution in [0.4, 0.5) is 4.79 Å². The molecule has 38 heavy (non-hydrogen) atoms. The highest BCUT2D eigenvalue weighted by atomic mass is 16.6. The average molecular weight is 519 g/mol. The van der Waals surface area contributed by atoms with Crippen LogP contribution in [0.3, 0.4) is 0 Å². The molecule has 0 saturated heterocycles. The minimum absolute atomic E-state index is 0.0503. The van der Waals surface area contributed by atoms with Crippen molar-refractivity contribution in [1.29, 1.82) is 0 Å². The fourth-order valence-corrected chi connectivity index (χ4v) is 3.98. The summed E-state index contributed by atoms with van der Waals surface area (Å²) < 4.78 is 10.5. The van der Waals surface area contributed by atoms with E-state index in [1.54, 1.807) is 12.1 Å². The third kappa shape index (κ3) is 8.18. The average Bonchev–Trinajstić information content (AvgIpc) is 2.93. The summed E-state index contributed by atoms with van der Waals surface area (Å²) in [6.07, 6.45) is -0.712. The second-order valence-electron chi connectivity index (χ2n) is 9.26. The predicted molar refractivity (Wildman–Crippen MR) is 143 cm³/mol. The van der Waals surface area contributed by atoms with Gasteiger partial charge >= 0.3 is 18.0 Å². The number of methoxy groups -OCH3 is 1. The molecule has 8 heteroatoms. The summed E-state index contributed by atoms with van der Waals surface area (Å²) in [5.74, 6) is -1.61. The lowest BCUT2D eigenvalue weighted by Gasteiger charge is -2.32. The van der Waals surface area contributed by atoms with Crippen molar-refractivity contribution < 1.29 is 29.0 Å². The number of carbonyl (C=O) groups is 3. The van der Waals surface area contributed by atoms with Crippen LogP contribution in [0.5, 0.6) is 0 Å². The van der Waals surface area contributed by atoms with Crippen LogP contribution in [-0.2, 0) is 38.5 Å². The molecule has 0 saturated carbocycles. The van der Waals surface area contributed by atoms with Gasteiger partial charge in [-0.25, -0.2) is 20.0 Å². The van der Waals surface area contributed by atoms with Gasteiger partial charge in [-0.1, -0.05) is 98.8 Å². The van der Waals surface area contributed by atoms with Gasteiger partial charge in [0.25, 0.3) is 0 Å². The van der Waals surface area contributed by atoms with Crippen LogP contribution in [0.1, 0.15) is 42.0 Å². The lowest BCUT2D eigenvalue weighted by molar-refractivity contribution is -0.150. The Morgan fingerprint density at radius 2 is 1.45 bits per heavy atom. The molecular weight excluding hydrogens is 484 g/mol. The molecule has 3 rings (SSSR count). The number of carbonyl (C=O) groups excluding carboxylic acids is 2. The molecule has 0 fully saturated rings. The number of benzene rings is 3. The second kappa shape index (κ2) is 13.9. The Labute approximate surface area is 223 Å². The normalized spacial score (nSPS) is 12.4. The number of carboxylic acids is 1. The highest BCUT2D eigenvalue weighted by molar-refractivity contribution is 5.82. The number of hydrogen-bond acceptors (Lipinski definition) is 6. The van der Waals surface area contributed by atoms with Gasteiger partial charge in [0.1, 0.15) is 12.6 Å². The molecule has 2 atom stereocenters. The maximum absolute atomic E-state index is 13.4. The topological polar surface area (TPSA) is 105 Å². The first-order chi connectivity index (χ1) is 18.3. The molecule has 0 aromatic heterocycles. The van der Waals surface area contributed by atoms with Crippen molar-refractivity contribution in [2.45, 2.75) is 51.3 Å². The Morgan fingerprint density at radius 3 is 2.03 bits per heavy atom. The minimum Gasteiger partial charge on any atom is -0.480 e. The number of carboxylic acid groups (broad SMARTS) is 1. The van der Waals surface area contributed by atoms with Crippen LogP contribution in [0.15, 0.2) is 84.9 Å². The van der Waals surface area contributed by atoms with Crippen molar-refractivity contribution >= 4 is 18.0 Å². The third-order valence-corrected chi connectivity index (χ3v) is 6.11. The Kier molecular flexibility index (Phi) is 10.4. The molecule has 2 N–H and O–H groups in total. The molecule has 0 bridgehead atoms. The molecule has 3 aromatic carbocycles. The predicted octanol–water partition coefficient (Wildman–Crippen LogP) is 4.73. The smallest absolute Gasteiger partial charge is 0.425 e. The SMILES string of the molecule is COC(=O)[C@H](Cc1ccccc1)N(N[C@@H](Cc1cccc(C(C)C)c1)C(=O)O)C(=O)OCc1ccccc1. The van der Waals surface area contributed by atoms with Crippen molar-refractivity contribution in [3.8, 4) is 0 Å². The van der Waals surface area contributed by atoms with E-state index in [0.29, 0.717) is 0 Å². The third-order valence-electron chi connectivity index (χ3n) is 6.11. The molecule has 0 aliphatic carbocycles. The van der Waals surface area contributed by atoms with Crippen molar-refractivity contribution in [2.75, 3.05) is 7.11 Å². The van der Waals surface area contributed by atoms with Crippen LogP contribution < -0.4 is 5.43 Å². The second-order valence-corrected chi connectivity index (χ2v) is 9.26. The first-order valence-corrected chi connectivity index (χ1v) is 12.5. The zero-order chi connectivity index (χ0) is 27.5. The Hall–Kier alpha value is -4.17. The Balaban J connectivity index is 1.91. The number of aliphatic carboxylic acids is 1. The maximum Gasteiger partial charge on any atom is 0.425 e. The summed E-state index contributed by atoms with van der Waals surface area (Å²) in [5.41, 5.74) is 6.15. The van der Waals surface area contributed by atoms with Gasteiger partial charge in [-0.2, -0.15) is 0 Å². The monoisotopic (exact) mass is 518 g/mol. The highest BCUT2D eigenvalue weighted by Gasteiger charge is 2.35. The lowest BCUT2D eigenvalue weighted by Crippen LogP contribution is -2.59. The lowest BCUT2D eigenvalue weighted by atomic mass is 9.98. The molecule has 1 amide bonds. The van der Waals surface area contributed by atoms with Gasteiger partial charge in [0, 0.05) is 12.8 Å². The summed E-state index contributed by atoms with van der Waals surface area (Å²) >= 11 is 0. The van der Waals surface area contributed by atoms with E-state index in [2.05, 4.69) is 19.3 Å². The molecule has 0 aliphatic rings. The van der Waals surface area contributed by atoms with Gasteiger partial charge in [0.2, 0.25) is 0 Å². The summed E-state index contributed by atoms with van der Waals surface area (Å²) in [7, 11) is 1.22. The summed E-state index contributed by atoms with van der Waals surface area (Å²) in [6.45, 7) is 4.06. The van der Waals surface area contributed by atoms with Gasteiger partial charge in [-0.15, -0.1) is 0 Å².